The minimum absolute atomic E-state index is 0.00741. The average molecular weight is 224 g/mol. The van der Waals surface area contributed by atoms with Gasteiger partial charge in [-0.1, -0.05) is 0 Å². The Hall–Kier alpha value is -0.950. The first kappa shape index (κ1) is 11.1. The highest BCUT2D eigenvalue weighted by atomic mass is 35.5. The molecule has 1 rings (SSSR count). The van der Waals surface area contributed by atoms with Gasteiger partial charge < -0.3 is 5.21 Å². The van der Waals surface area contributed by atoms with Crippen LogP contribution in [0.3, 0.4) is 0 Å². The van der Waals surface area contributed by atoms with Crippen molar-refractivity contribution in [3.05, 3.63) is 20.2 Å². The van der Waals surface area contributed by atoms with E-state index in [0.717, 1.165) is 6.92 Å². The fourth-order valence-corrected chi connectivity index (χ4v) is 2.13. The molecule has 0 bridgehead atoms. The lowest BCUT2D eigenvalue weighted by molar-refractivity contribution is -0.725. The number of hydrogen-bond donors (Lipinski definition) is 0. The maximum Gasteiger partial charge on any atom is 0.381 e. The van der Waals surface area contributed by atoms with E-state index < -0.39 is 21.5 Å². The molecule has 0 aromatic rings. The van der Waals surface area contributed by atoms with Gasteiger partial charge in [0.2, 0.25) is 0 Å². The third-order valence-corrected chi connectivity index (χ3v) is 2.76. The number of hydrazine groups is 1. The van der Waals surface area contributed by atoms with Crippen molar-refractivity contribution in [3.8, 4) is 0 Å². The summed E-state index contributed by atoms with van der Waals surface area (Å²) in [6.07, 6.45) is 0. The second kappa shape index (κ2) is 2.77. The summed E-state index contributed by atoms with van der Waals surface area (Å²) in [5, 5.41) is 22.0. The van der Waals surface area contributed by atoms with Crippen LogP contribution in [0.15, 0.2) is 0 Å². The van der Waals surface area contributed by atoms with Gasteiger partial charge in [-0.3, -0.25) is 10.1 Å². The standard InChI is InChI=1S/C6H10ClN3O4/c1-5(2)4(8(11)12)6(3,7)10(14)9(5)13/h4H,1-3H3. The molecule has 1 aliphatic rings. The van der Waals surface area contributed by atoms with Crippen LogP contribution in [0.2, 0.25) is 0 Å². The van der Waals surface area contributed by atoms with E-state index in [1.54, 1.807) is 0 Å². The average Bonchev–Trinajstić information content (AvgIpc) is 2.08. The van der Waals surface area contributed by atoms with Crippen LogP contribution in [0.4, 0.5) is 0 Å². The molecule has 0 saturated carbocycles. The molecule has 0 aromatic carbocycles. The van der Waals surface area contributed by atoms with E-state index in [9.17, 15) is 20.2 Å². The lowest BCUT2D eigenvalue weighted by Crippen LogP contribution is -2.50. The molecule has 80 valence electrons. The third-order valence-electron chi connectivity index (χ3n) is 2.41. The zero-order chi connectivity index (χ0) is 11.3. The van der Waals surface area contributed by atoms with Gasteiger partial charge in [-0.15, -0.1) is 0 Å². The number of alkyl halides is 1. The van der Waals surface area contributed by atoms with Crippen molar-refractivity contribution in [2.24, 2.45) is 0 Å². The maximum absolute atomic E-state index is 11.3. The molecule has 0 radical (unpaired) electrons. The molecule has 1 saturated heterocycles. The number of rotatable bonds is 1. The first-order valence-corrected chi connectivity index (χ1v) is 4.28. The molecule has 0 spiro atoms. The molecule has 0 aliphatic carbocycles. The number of hydrogen-bond acceptors (Lipinski definition) is 4. The third kappa shape index (κ3) is 1.16. The van der Waals surface area contributed by atoms with Gasteiger partial charge in [0.05, 0.1) is 4.91 Å². The Balaban J connectivity index is 3.27. The molecular weight excluding hydrogens is 214 g/mol. The highest BCUT2D eigenvalue weighted by molar-refractivity contribution is 6.23. The monoisotopic (exact) mass is 223 g/mol. The summed E-state index contributed by atoms with van der Waals surface area (Å²) in [5.41, 5.74) is -1.44. The molecule has 0 amide bonds. The molecule has 0 N–H and O–H groups in total. The van der Waals surface area contributed by atoms with Gasteiger partial charge in [-0.05, 0) is 25.4 Å². The van der Waals surface area contributed by atoms with Crippen molar-refractivity contribution < 1.29 is 9.79 Å². The fourth-order valence-electron chi connectivity index (χ4n) is 1.72. The van der Waals surface area contributed by atoms with E-state index in [1.807, 2.05) is 0 Å². The largest absolute Gasteiger partial charge is 0.704 e. The van der Waals surface area contributed by atoms with Crippen LogP contribution in [0.1, 0.15) is 20.8 Å². The van der Waals surface area contributed by atoms with Crippen LogP contribution in [-0.2, 0) is 0 Å². The van der Waals surface area contributed by atoms with Crippen LogP contribution in [0.25, 0.3) is 0 Å². The molecule has 0 aromatic heterocycles. The Morgan fingerprint density at radius 3 is 2.07 bits per heavy atom. The second-order valence-electron chi connectivity index (χ2n) is 3.91. The predicted octanol–water partition coefficient (Wildman–Crippen LogP) is 0.873. The summed E-state index contributed by atoms with van der Waals surface area (Å²) < 4.78 is 0. The Labute approximate surface area is 84.9 Å². The smallest absolute Gasteiger partial charge is 0.381 e. The van der Waals surface area contributed by atoms with Crippen LogP contribution in [0.5, 0.6) is 0 Å². The molecule has 1 fully saturated rings. The molecule has 14 heavy (non-hydrogen) atoms. The lowest BCUT2D eigenvalue weighted by Gasteiger charge is -2.26. The summed E-state index contributed by atoms with van der Waals surface area (Å²) in [6, 6.07) is -1.44. The zero-order valence-electron chi connectivity index (χ0n) is 7.93. The van der Waals surface area contributed by atoms with Gasteiger partial charge in [0.25, 0.3) is 0 Å². The van der Waals surface area contributed by atoms with E-state index in [1.165, 1.54) is 13.8 Å². The van der Waals surface area contributed by atoms with Gasteiger partial charge in [0.1, 0.15) is 4.87 Å². The first-order valence-electron chi connectivity index (χ1n) is 3.90. The summed E-state index contributed by atoms with van der Waals surface area (Å²) in [5.74, 6) is 0. The number of nitroso groups, excluding NO2 is 1. The summed E-state index contributed by atoms with van der Waals surface area (Å²) >= 11 is 5.69. The van der Waals surface area contributed by atoms with Crippen molar-refractivity contribution in [1.82, 2.24) is 5.17 Å². The van der Waals surface area contributed by atoms with E-state index >= 15 is 0 Å². The van der Waals surface area contributed by atoms with E-state index in [4.69, 9.17) is 11.6 Å². The minimum atomic E-state index is -1.84. The Morgan fingerprint density at radius 1 is 1.50 bits per heavy atom. The van der Waals surface area contributed by atoms with Gasteiger partial charge in [0.15, 0.2) is 5.54 Å². The fraction of sp³-hybridized carbons (Fsp3) is 1.00. The normalized spacial score (nSPS) is 36.2. The van der Waals surface area contributed by atoms with Crippen LogP contribution in [-0.4, -0.2) is 31.5 Å². The van der Waals surface area contributed by atoms with Gasteiger partial charge in [0, 0.05) is 11.8 Å². The molecule has 1 aliphatic heterocycles. The molecule has 2 atom stereocenters. The summed E-state index contributed by atoms with van der Waals surface area (Å²) in [6.45, 7) is 3.78. The van der Waals surface area contributed by atoms with E-state index in [2.05, 4.69) is 0 Å². The zero-order valence-corrected chi connectivity index (χ0v) is 8.69. The van der Waals surface area contributed by atoms with Crippen LogP contribution >= 0.6 is 11.6 Å². The SMILES string of the molecule is CC1(C)C([N+](=O)[O-])C(C)(Cl)[N+](=O)N1[O-]. The number of nitrogens with zero attached hydrogens (tertiary/aromatic N) is 3. The van der Waals surface area contributed by atoms with E-state index in [0.29, 0.717) is 0 Å². The quantitative estimate of drug-likeness (QED) is 0.216. The molecule has 8 heteroatoms. The molecule has 2 unspecified atom stereocenters. The molecular formula is C6H10ClN3O4. The van der Waals surface area contributed by atoms with Crippen LogP contribution in [0, 0.1) is 20.2 Å². The summed E-state index contributed by atoms with van der Waals surface area (Å²) in [7, 11) is 0. The van der Waals surface area contributed by atoms with Crippen molar-refractivity contribution in [2.45, 2.75) is 37.4 Å². The topological polar surface area (TPSA) is 89.5 Å². The van der Waals surface area contributed by atoms with Crippen molar-refractivity contribution in [2.75, 3.05) is 0 Å². The highest BCUT2D eigenvalue weighted by Crippen LogP contribution is 2.41. The number of nitro groups is 1. The predicted molar refractivity (Wildman–Crippen MR) is 48.0 cm³/mol. The first-order chi connectivity index (χ1) is 6.13. The molecule has 1 heterocycles. The number of hydroxylamine groups is 1. The second-order valence-corrected chi connectivity index (χ2v) is 4.68. The highest BCUT2D eigenvalue weighted by Gasteiger charge is 2.72. The van der Waals surface area contributed by atoms with Gasteiger partial charge in [-0.2, -0.15) is 5.17 Å². The van der Waals surface area contributed by atoms with Crippen molar-refractivity contribution in [1.29, 1.82) is 0 Å². The maximum atomic E-state index is 11.3. The Kier molecular flexibility index (Phi) is 2.20. The van der Waals surface area contributed by atoms with Crippen molar-refractivity contribution in [3.63, 3.8) is 0 Å². The molecule has 7 nitrogen and oxygen atoms in total. The minimum Gasteiger partial charge on any atom is -0.704 e. The number of halogens is 1. The lowest BCUT2D eigenvalue weighted by atomic mass is 9.93. The summed E-state index contributed by atoms with van der Waals surface area (Å²) in [4.78, 5) is 19.3. The van der Waals surface area contributed by atoms with Gasteiger partial charge >= 0.3 is 11.0 Å². The van der Waals surface area contributed by atoms with Gasteiger partial charge in [-0.25, -0.2) is 0 Å². The van der Waals surface area contributed by atoms with Crippen LogP contribution < -0.4 is 0 Å². The Bertz CT molecular complexity index is 303. The van der Waals surface area contributed by atoms with E-state index in [-0.39, 0.29) is 10.0 Å². The van der Waals surface area contributed by atoms with Crippen molar-refractivity contribution >= 4 is 11.6 Å². The Morgan fingerprint density at radius 2 is 1.93 bits per heavy atom.